The highest BCUT2D eigenvalue weighted by molar-refractivity contribution is 7.84. The van der Waals surface area contributed by atoms with Gasteiger partial charge in [0.05, 0.1) is 33.1 Å². The molecule has 6 heteroatoms. The number of benzene rings is 2. The van der Waals surface area contributed by atoms with Crippen LogP contribution in [0.5, 0.6) is 11.5 Å². The molecule has 0 radical (unpaired) electrons. The summed E-state index contributed by atoms with van der Waals surface area (Å²) in [5.41, 5.74) is 1.74. The van der Waals surface area contributed by atoms with Crippen LogP contribution in [-0.2, 0) is 23.2 Å². The maximum absolute atomic E-state index is 12.6. The maximum Gasteiger partial charge on any atom is 0.162 e. The maximum atomic E-state index is 12.6. The van der Waals surface area contributed by atoms with Crippen molar-refractivity contribution in [2.75, 3.05) is 13.2 Å². The number of fused-ring (bicyclic) bond motifs is 1. The fourth-order valence-corrected chi connectivity index (χ4v) is 3.77. The first kappa shape index (κ1) is 15.3. The van der Waals surface area contributed by atoms with Gasteiger partial charge < -0.3 is 14.6 Å². The monoisotopic (exact) mass is 338 g/mol. The second-order valence-electron chi connectivity index (χ2n) is 4.89. The summed E-state index contributed by atoms with van der Waals surface area (Å²) in [6, 6.07) is 10.7. The van der Waals surface area contributed by atoms with E-state index < -0.39 is 10.8 Å². The highest BCUT2D eigenvalue weighted by Crippen LogP contribution is 2.37. The Kier molecular flexibility index (Phi) is 4.66. The van der Waals surface area contributed by atoms with Gasteiger partial charge >= 0.3 is 0 Å². The van der Waals surface area contributed by atoms with E-state index in [1.165, 1.54) is 0 Å². The van der Waals surface area contributed by atoms with Crippen molar-refractivity contribution in [3.63, 3.8) is 0 Å². The number of halogens is 1. The third-order valence-corrected chi connectivity index (χ3v) is 5.19. The minimum absolute atomic E-state index is 0.00262. The molecule has 1 atom stereocenters. The Morgan fingerprint density at radius 2 is 1.64 bits per heavy atom. The van der Waals surface area contributed by atoms with Crippen LogP contribution in [0, 0.1) is 0 Å². The molecule has 116 valence electrons. The first-order chi connectivity index (χ1) is 10.7. The van der Waals surface area contributed by atoms with E-state index in [2.05, 4.69) is 0 Å². The molecule has 0 fully saturated rings. The standard InChI is InChI=1S/C16H15ClO4S/c17-13-7-14-15(21-6-5-20-14)8-16(13)22(19)10-12-3-1-11(9-18)2-4-12/h1-4,7-8,18H,5-6,9-10H2. The highest BCUT2D eigenvalue weighted by Gasteiger charge is 2.18. The summed E-state index contributed by atoms with van der Waals surface area (Å²) in [6.45, 7) is 0.962. The quantitative estimate of drug-likeness (QED) is 0.931. The van der Waals surface area contributed by atoms with Gasteiger partial charge in [-0.1, -0.05) is 35.9 Å². The van der Waals surface area contributed by atoms with Crippen molar-refractivity contribution in [2.24, 2.45) is 0 Å². The number of aliphatic hydroxyl groups is 1. The number of hydrogen-bond acceptors (Lipinski definition) is 4. The van der Waals surface area contributed by atoms with Crippen LogP contribution in [0.2, 0.25) is 5.02 Å². The topological polar surface area (TPSA) is 55.8 Å². The lowest BCUT2D eigenvalue weighted by Gasteiger charge is -2.19. The molecule has 1 aliphatic heterocycles. The zero-order chi connectivity index (χ0) is 15.5. The van der Waals surface area contributed by atoms with Gasteiger partial charge in [-0.05, 0) is 11.1 Å². The molecule has 2 aromatic rings. The minimum Gasteiger partial charge on any atom is -0.486 e. The Labute approximate surface area is 136 Å². The summed E-state index contributed by atoms with van der Waals surface area (Å²) in [4.78, 5) is 0.539. The van der Waals surface area contributed by atoms with Gasteiger partial charge in [-0.25, -0.2) is 0 Å². The van der Waals surface area contributed by atoms with Crippen molar-refractivity contribution in [3.8, 4) is 11.5 Å². The van der Waals surface area contributed by atoms with Crippen LogP contribution in [0.15, 0.2) is 41.3 Å². The lowest BCUT2D eigenvalue weighted by atomic mass is 10.2. The smallest absolute Gasteiger partial charge is 0.162 e. The molecule has 0 aromatic heterocycles. The van der Waals surface area contributed by atoms with E-state index in [-0.39, 0.29) is 6.61 Å². The zero-order valence-corrected chi connectivity index (χ0v) is 13.3. The van der Waals surface area contributed by atoms with Gasteiger partial charge in [0.25, 0.3) is 0 Å². The summed E-state index contributed by atoms with van der Waals surface area (Å²) < 4.78 is 23.5. The molecule has 0 spiro atoms. The Hall–Kier alpha value is -1.56. The largest absolute Gasteiger partial charge is 0.486 e. The van der Waals surface area contributed by atoms with Gasteiger partial charge in [0.1, 0.15) is 13.2 Å². The predicted molar refractivity (Wildman–Crippen MR) is 84.9 cm³/mol. The third-order valence-electron chi connectivity index (χ3n) is 3.35. The molecule has 1 N–H and O–H groups in total. The highest BCUT2D eigenvalue weighted by atomic mass is 35.5. The van der Waals surface area contributed by atoms with Crippen molar-refractivity contribution in [3.05, 3.63) is 52.5 Å². The number of aliphatic hydroxyl groups excluding tert-OH is 1. The van der Waals surface area contributed by atoms with Crippen LogP contribution in [0.25, 0.3) is 0 Å². The SMILES string of the molecule is O=S(Cc1ccc(CO)cc1)c1cc2c(cc1Cl)OCCO2. The molecular formula is C16H15ClO4S. The normalized spacial score (nSPS) is 14.6. The average Bonchev–Trinajstić information content (AvgIpc) is 2.54. The fourth-order valence-electron chi connectivity index (χ4n) is 2.19. The molecule has 0 amide bonds. The van der Waals surface area contributed by atoms with E-state index in [1.807, 2.05) is 24.3 Å². The number of ether oxygens (including phenoxy) is 2. The Bertz CT molecular complexity index is 700. The van der Waals surface area contributed by atoms with Crippen molar-refractivity contribution >= 4 is 22.4 Å². The van der Waals surface area contributed by atoms with Crippen molar-refractivity contribution in [1.29, 1.82) is 0 Å². The van der Waals surface area contributed by atoms with Crippen LogP contribution < -0.4 is 9.47 Å². The number of hydrogen-bond donors (Lipinski definition) is 1. The fraction of sp³-hybridized carbons (Fsp3) is 0.250. The van der Waals surface area contributed by atoms with Crippen LogP contribution >= 0.6 is 11.6 Å². The summed E-state index contributed by atoms with van der Waals surface area (Å²) in [5, 5.41) is 9.45. The van der Waals surface area contributed by atoms with Gasteiger partial charge in [0.15, 0.2) is 11.5 Å². The Morgan fingerprint density at radius 1 is 1.05 bits per heavy atom. The second-order valence-corrected chi connectivity index (χ2v) is 6.72. The molecule has 22 heavy (non-hydrogen) atoms. The van der Waals surface area contributed by atoms with Gasteiger partial charge in [-0.3, -0.25) is 4.21 Å². The van der Waals surface area contributed by atoms with E-state index in [0.717, 1.165) is 11.1 Å². The van der Waals surface area contributed by atoms with Crippen LogP contribution in [-0.4, -0.2) is 22.5 Å². The average molecular weight is 339 g/mol. The lowest BCUT2D eigenvalue weighted by Crippen LogP contribution is -2.15. The molecule has 1 aliphatic rings. The Morgan fingerprint density at radius 3 is 2.27 bits per heavy atom. The second kappa shape index (κ2) is 6.69. The number of rotatable bonds is 4. The summed E-state index contributed by atoms with van der Waals surface area (Å²) in [6.07, 6.45) is 0. The molecule has 4 nitrogen and oxygen atoms in total. The van der Waals surface area contributed by atoms with Crippen molar-refractivity contribution < 1.29 is 18.8 Å². The van der Waals surface area contributed by atoms with Crippen LogP contribution in [0.1, 0.15) is 11.1 Å². The van der Waals surface area contributed by atoms with Crippen LogP contribution in [0.4, 0.5) is 0 Å². The van der Waals surface area contributed by atoms with Gasteiger partial charge in [0.2, 0.25) is 0 Å². The van der Waals surface area contributed by atoms with Crippen molar-refractivity contribution in [2.45, 2.75) is 17.3 Å². The van der Waals surface area contributed by atoms with E-state index in [1.54, 1.807) is 12.1 Å². The molecule has 0 saturated carbocycles. The summed E-state index contributed by atoms with van der Waals surface area (Å²) >= 11 is 6.21. The summed E-state index contributed by atoms with van der Waals surface area (Å²) in [5.74, 6) is 1.52. The van der Waals surface area contributed by atoms with Gasteiger partial charge in [0, 0.05) is 12.1 Å². The zero-order valence-electron chi connectivity index (χ0n) is 11.8. The van der Waals surface area contributed by atoms with Gasteiger partial charge in [-0.15, -0.1) is 0 Å². The molecule has 0 saturated heterocycles. The van der Waals surface area contributed by atoms with E-state index >= 15 is 0 Å². The van der Waals surface area contributed by atoms with E-state index in [0.29, 0.717) is 40.4 Å². The lowest BCUT2D eigenvalue weighted by molar-refractivity contribution is 0.171. The molecular weight excluding hydrogens is 324 g/mol. The third kappa shape index (κ3) is 3.27. The van der Waals surface area contributed by atoms with Crippen molar-refractivity contribution in [1.82, 2.24) is 0 Å². The first-order valence-electron chi connectivity index (χ1n) is 6.83. The van der Waals surface area contributed by atoms with E-state index in [4.69, 9.17) is 26.2 Å². The van der Waals surface area contributed by atoms with E-state index in [9.17, 15) is 4.21 Å². The minimum atomic E-state index is -1.28. The van der Waals surface area contributed by atoms with Crippen LogP contribution in [0.3, 0.4) is 0 Å². The molecule has 3 rings (SSSR count). The summed E-state index contributed by atoms with van der Waals surface area (Å²) in [7, 11) is -1.28. The van der Waals surface area contributed by atoms with Gasteiger partial charge in [-0.2, -0.15) is 0 Å². The predicted octanol–water partition coefficient (Wildman–Crippen LogP) is 2.91. The first-order valence-corrected chi connectivity index (χ1v) is 8.53. The molecule has 0 bridgehead atoms. The molecule has 0 aliphatic carbocycles. The molecule has 1 heterocycles. The Balaban J connectivity index is 1.82. The molecule has 2 aromatic carbocycles. The molecule has 1 unspecified atom stereocenters.